The number of H-pyrrole nitrogens is 1. The van der Waals surface area contributed by atoms with Gasteiger partial charge in [-0.15, -0.1) is 0 Å². The van der Waals surface area contributed by atoms with Crippen LogP contribution in [0.1, 0.15) is 26.3 Å². The largest absolute Gasteiger partial charge is 0.449 e. The van der Waals surface area contributed by atoms with Crippen LogP contribution in [0.2, 0.25) is 0 Å². The van der Waals surface area contributed by atoms with Crippen molar-refractivity contribution in [1.29, 1.82) is 0 Å². The Hall–Kier alpha value is -1.97. The molecule has 0 aliphatic heterocycles. The lowest BCUT2D eigenvalue weighted by Crippen LogP contribution is -2.41. The number of carbonyl (C=O) groups is 1. The number of hydrogen-bond acceptors (Lipinski definition) is 2. The molecule has 0 aliphatic rings. The summed E-state index contributed by atoms with van der Waals surface area (Å²) in [6, 6.07) is 8.10. The van der Waals surface area contributed by atoms with Crippen LogP contribution in [0.3, 0.4) is 0 Å². The van der Waals surface area contributed by atoms with E-state index in [2.05, 4.69) is 16.4 Å². The van der Waals surface area contributed by atoms with Gasteiger partial charge in [-0.05, 0) is 32.4 Å². The molecule has 1 amide bonds. The molecular formula is C15H20N2O2. The number of aromatic nitrogens is 1. The molecule has 0 bridgehead atoms. The van der Waals surface area contributed by atoms with E-state index >= 15 is 0 Å². The smallest absolute Gasteiger partial charge is 0.407 e. The molecule has 0 saturated carbocycles. The number of amides is 1. The Labute approximate surface area is 113 Å². The van der Waals surface area contributed by atoms with Crippen LogP contribution < -0.4 is 5.32 Å². The first-order valence-electron chi connectivity index (χ1n) is 6.46. The maximum Gasteiger partial charge on any atom is 0.407 e. The number of carbonyl (C=O) groups excluding carboxylic acids is 1. The van der Waals surface area contributed by atoms with Crippen molar-refractivity contribution in [2.45, 2.75) is 32.7 Å². The maximum atomic E-state index is 11.5. The van der Waals surface area contributed by atoms with Crippen LogP contribution >= 0.6 is 0 Å². The third kappa shape index (κ3) is 3.74. The molecule has 4 heteroatoms. The summed E-state index contributed by atoms with van der Waals surface area (Å²) in [6.45, 7) is 6.15. The van der Waals surface area contributed by atoms with Crippen molar-refractivity contribution in [3.05, 3.63) is 36.0 Å². The Morgan fingerprint density at radius 3 is 2.79 bits per heavy atom. The van der Waals surface area contributed by atoms with E-state index in [0.717, 1.165) is 5.52 Å². The maximum absolute atomic E-state index is 11.5. The zero-order valence-electron chi connectivity index (χ0n) is 11.6. The van der Waals surface area contributed by atoms with Gasteiger partial charge < -0.3 is 15.0 Å². The summed E-state index contributed by atoms with van der Waals surface area (Å²) in [6.07, 6.45) is 2.31. The summed E-state index contributed by atoms with van der Waals surface area (Å²) in [5, 5.41) is 3.95. The number of rotatable bonds is 3. The fourth-order valence-corrected chi connectivity index (χ4v) is 1.93. The van der Waals surface area contributed by atoms with Gasteiger partial charge >= 0.3 is 6.09 Å². The summed E-state index contributed by atoms with van der Waals surface area (Å²) in [7, 11) is 0. The van der Waals surface area contributed by atoms with Crippen molar-refractivity contribution in [2.75, 3.05) is 6.61 Å². The zero-order valence-corrected chi connectivity index (χ0v) is 11.6. The van der Waals surface area contributed by atoms with Gasteiger partial charge in [-0.1, -0.05) is 18.2 Å². The van der Waals surface area contributed by atoms with E-state index in [9.17, 15) is 4.79 Å². The molecule has 2 aromatic rings. The Morgan fingerprint density at radius 2 is 2.05 bits per heavy atom. The summed E-state index contributed by atoms with van der Waals surface area (Å²) >= 11 is 0. The molecule has 4 nitrogen and oxygen atoms in total. The van der Waals surface area contributed by atoms with Crippen molar-refractivity contribution < 1.29 is 9.53 Å². The number of alkyl carbamates (subject to hydrolysis) is 1. The molecule has 1 aromatic carbocycles. The Morgan fingerprint density at radius 1 is 1.32 bits per heavy atom. The third-order valence-electron chi connectivity index (χ3n) is 2.76. The molecular weight excluding hydrogens is 240 g/mol. The molecule has 0 aliphatic carbocycles. The van der Waals surface area contributed by atoms with E-state index in [0.29, 0.717) is 13.0 Å². The van der Waals surface area contributed by atoms with E-state index in [-0.39, 0.29) is 11.6 Å². The van der Waals surface area contributed by atoms with E-state index in [1.807, 2.05) is 45.2 Å². The van der Waals surface area contributed by atoms with Gasteiger partial charge in [-0.2, -0.15) is 0 Å². The van der Waals surface area contributed by atoms with E-state index < -0.39 is 0 Å². The number of para-hydroxylation sites is 1. The van der Waals surface area contributed by atoms with Gasteiger partial charge in [0.25, 0.3) is 0 Å². The fourth-order valence-electron chi connectivity index (χ4n) is 1.93. The summed E-state index contributed by atoms with van der Waals surface area (Å²) < 4.78 is 5.18. The van der Waals surface area contributed by atoms with Crippen molar-refractivity contribution >= 4 is 17.0 Å². The summed E-state index contributed by atoms with van der Waals surface area (Å²) in [5.74, 6) is 0. The minimum atomic E-state index is -0.368. The first-order chi connectivity index (χ1) is 8.96. The van der Waals surface area contributed by atoms with Crippen molar-refractivity contribution in [2.24, 2.45) is 0 Å². The molecule has 0 spiro atoms. The van der Waals surface area contributed by atoms with Crippen LogP contribution in [0.15, 0.2) is 30.5 Å². The predicted molar refractivity (Wildman–Crippen MR) is 76.2 cm³/mol. The fraction of sp³-hybridized carbons (Fsp3) is 0.400. The molecule has 0 radical (unpaired) electrons. The van der Waals surface area contributed by atoms with Gasteiger partial charge in [0.05, 0.1) is 6.61 Å². The van der Waals surface area contributed by atoms with Gasteiger partial charge in [0, 0.05) is 29.1 Å². The molecule has 0 fully saturated rings. The topological polar surface area (TPSA) is 54.1 Å². The molecule has 0 saturated heterocycles. The predicted octanol–water partition coefficient (Wildman–Crippen LogP) is 3.24. The van der Waals surface area contributed by atoms with Crippen LogP contribution in [-0.4, -0.2) is 23.2 Å². The monoisotopic (exact) mass is 260 g/mol. The van der Waals surface area contributed by atoms with Gasteiger partial charge in [0.1, 0.15) is 0 Å². The van der Waals surface area contributed by atoms with Crippen LogP contribution in [0, 0.1) is 0 Å². The normalized spacial score (nSPS) is 11.5. The zero-order chi connectivity index (χ0) is 13.9. The van der Waals surface area contributed by atoms with Gasteiger partial charge in [-0.3, -0.25) is 0 Å². The second kappa shape index (κ2) is 5.34. The standard InChI is InChI=1S/C15H20N2O2/c1-15(2,3)17-14(18)19-9-8-11-10-16-13-7-5-4-6-12(11)13/h4-7,10,16H,8-9H2,1-3H3,(H,17,18). The average molecular weight is 260 g/mol. The number of nitrogens with one attached hydrogen (secondary N) is 2. The molecule has 2 rings (SSSR count). The lowest BCUT2D eigenvalue weighted by Gasteiger charge is -2.19. The van der Waals surface area contributed by atoms with Crippen LogP contribution in [0.4, 0.5) is 4.79 Å². The highest BCUT2D eigenvalue weighted by Gasteiger charge is 2.14. The van der Waals surface area contributed by atoms with E-state index in [4.69, 9.17) is 4.74 Å². The highest BCUT2D eigenvalue weighted by atomic mass is 16.5. The molecule has 19 heavy (non-hydrogen) atoms. The average Bonchev–Trinajstić information content (AvgIpc) is 2.70. The molecule has 0 unspecified atom stereocenters. The first kappa shape index (κ1) is 13.5. The molecule has 0 atom stereocenters. The molecule has 102 valence electrons. The minimum Gasteiger partial charge on any atom is -0.449 e. The first-order valence-corrected chi connectivity index (χ1v) is 6.46. The Balaban J connectivity index is 1.88. The van der Waals surface area contributed by atoms with E-state index in [1.165, 1.54) is 10.9 Å². The quantitative estimate of drug-likeness (QED) is 0.890. The van der Waals surface area contributed by atoms with Crippen LogP contribution in [0.25, 0.3) is 10.9 Å². The minimum absolute atomic E-state index is 0.266. The Kier molecular flexibility index (Phi) is 3.79. The lowest BCUT2D eigenvalue weighted by atomic mass is 10.1. The number of hydrogen-bond donors (Lipinski definition) is 2. The van der Waals surface area contributed by atoms with Crippen molar-refractivity contribution in [3.8, 4) is 0 Å². The highest BCUT2D eigenvalue weighted by molar-refractivity contribution is 5.83. The lowest BCUT2D eigenvalue weighted by molar-refractivity contribution is 0.139. The van der Waals surface area contributed by atoms with Crippen LogP contribution in [-0.2, 0) is 11.2 Å². The molecule has 1 aromatic heterocycles. The summed E-state index contributed by atoms with van der Waals surface area (Å²) in [4.78, 5) is 14.7. The summed E-state index contributed by atoms with van der Waals surface area (Å²) in [5.41, 5.74) is 2.01. The number of fused-ring (bicyclic) bond motifs is 1. The number of ether oxygens (including phenoxy) is 1. The van der Waals surface area contributed by atoms with Gasteiger partial charge in [-0.25, -0.2) is 4.79 Å². The second-order valence-electron chi connectivity index (χ2n) is 5.62. The highest BCUT2D eigenvalue weighted by Crippen LogP contribution is 2.17. The van der Waals surface area contributed by atoms with Crippen molar-refractivity contribution in [1.82, 2.24) is 10.3 Å². The number of aromatic amines is 1. The van der Waals surface area contributed by atoms with Gasteiger partial charge in [0.15, 0.2) is 0 Å². The number of benzene rings is 1. The Bertz CT molecular complexity index is 567. The van der Waals surface area contributed by atoms with Gasteiger partial charge in [0.2, 0.25) is 0 Å². The second-order valence-corrected chi connectivity index (χ2v) is 5.62. The van der Waals surface area contributed by atoms with E-state index in [1.54, 1.807) is 0 Å². The molecule has 1 heterocycles. The van der Waals surface area contributed by atoms with Crippen LogP contribution in [0.5, 0.6) is 0 Å². The van der Waals surface area contributed by atoms with Crippen molar-refractivity contribution in [3.63, 3.8) is 0 Å². The third-order valence-corrected chi connectivity index (χ3v) is 2.76. The molecule has 2 N–H and O–H groups in total. The SMILES string of the molecule is CC(C)(C)NC(=O)OCCc1c[nH]c2ccccc12.